The Morgan fingerprint density at radius 1 is 0.964 bits per heavy atom. The molecule has 0 heterocycles. The lowest BCUT2D eigenvalue weighted by atomic mass is 9.68. The second kappa shape index (κ2) is 8.33. The number of hydrogen-bond acceptors (Lipinski definition) is 1. The number of rotatable bonds is 5. The molecule has 1 fully saturated rings. The van der Waals surface area contributed by atoms with E-state index in [9.17, 15) is 22.4 Å². The van der Waals surface area contributed by atoms with Gasteiger partial charge in [0.2, 0.25) is 5.91 Å². The summed E-state index contributed by atoms with van der Waals surface area (Å²) in [5.41, 5.74) is -1.12. The zero-order valence-corrected chi connectivity index (χ0v) is 15.5. The number of carbonyl (C=O) groups excluding carboxylic acids is 1. The molecule has 0 aliphatic heterocycles. The molecule has 150 valence electrons. The van der Waals surface area contributed by atoms with Gasteiger partial charge in [0.15, 0.2) is 0 Å². The van der Waals surface area contributed by atoms with Crippen molar-refractivity contribution in [3.8, 4) is 0 Å². The van der Waals surface area contributed by atoms with Crippen LogP contribution in [0.4, 0.5) is 17.6 Å². The number of halogens is 4. The van der Waals surface area contributed by atoms with E-state index in [2.05, 4.69) is 5.32 Å². The van der Waals surface area contributed by atoms with Gasteiger partial charge in [-0.1, -0.05) is 55.7 Å². The van der Waals surface area contributed by atoms with Crippen LogP contribution in [0.2, 0.25) is 0 Å². The summed E-state index contributed by atoms with van der Waals surface area (Å²) in [6, 6.07) is 11.6. The van der Waals surface area contributed by atoms with Gasteiger partial charge < -0.3 is 5.32 Å². The van der Waals surface area contributed by atoms with E-state index in [-0.39, 0.29) is 24.4 Å². The van der Waals surface area contributed by atoms with Crippen molar-refractivity contribution < 1.29 is 22.4 Å². The van der Waals surface area contributed by atoms with E-state index in [1.165, 1.54) is 18.2 Å². The summed E-state index contributed by atoms with van der Waals surface area (Å²) in [6.45, 7) is 0.0716. The van der Waals surface area contributed by atoms with E-state index in [1.54, 1.807) is 24.3 Å². The van der Waals surface area contributed by atoms with Gasteiger partial charge in [-0.15, -0.1) is 0 Å². The van der Waals surface area contributed by atoms with Gasteiger partial charge in [-0.2, -0.15) is 13.2 Å². The molecule has 0 saturated heterocycles. The normalized spacial score (nSPS) is 16.6. The van der Waals surface area contributed by atoms with Gasteiger partial charge in [-0.05, 0) is 37.0 Å². The molecule has 3 rings (SSSR count). The van der Waals surface area contributed by atoms with Crippen molar-refractivity contribution in [1.82, 2.24) is 5.32 Å². The molecular formula is C22H23F4NO. The van der Waals surface area contributed by atoms with Crippen LogP contribution in [0.25, 0.3) is 0 Å². The SMILES string of the molecule is O=C(NCCc1ccccc1C(F)(F)F)C1(c2ccccc2F)CCCCC1. The first-order valence-electron chi connectivity index (χ1n) is 9.53. The zero-order chi connectivity index (χ0) is 20.2. The maximum Gasteiger partial charge on any atom is 0.416 e. The number of benzene rings is 2. The standard InChI is InChI=1S/C22H23F4NO/c23-19-11-5-4-10-18(19)21(13-6-1-7-14-21)20(28)27-15-12-16-8-2-3-9-17(16)22(24,25)26/h2-5,8-11H,1,6-7,12-15H2,(H,27,28). The molecule has 1 N–H and O–H groups in total. The van der Waals surface area contributed by atoms with Gasteiger partial charge in [0.25, 0.3) is 0 Å². The Balaban J connectivity index is 1.75. The third kappa shape index (κ3) is 4.21. The minimum absolute atomic E-state index is 0.0643. The Kier molecular flexibility index (Phi) is 6.06. The lowest BCUT2D eigenvalue weighted by molar-refractivity contribution is -0.138. The van der Waals surface area contributed by atoms with Crippen LogP contribution < -0.4 is 5.32 Å². The van der Waals surface area contributed by atoms with E-state index >= 15 is 0 Å². The van der Waals surface area contributed by atoms with Crippen molar-refractivity contribution in [2.45, 2.75) is 50.1 Å². The number of alkyl halides is 3. The van der Waals surface area contributed by atoms with Crippen LogP contribution in [0.15, 0.2) is 48.5 Å². The highest BCUT2D eigenvalue weighted by Crippen LogP contribution is 2.41. The summed E-state index contributed by atoms with van der Waals surface area (Å²) >= 11 is 0. The fourth-order valence-corrected chi connectivity index (χ4v) is 4.12. The van der Waals surface area contributed by atoms with E-state index in [0.29, 0.717) is 18.4 Å². The fraction of sp³-hybridized carbons (Fsp3) is 0.409. The second-order valence-corrected chi connectivity index (χ2v) is 7.28. The number of carbonyl (C=O) groups is 1. The molecule has 1 amide bonds. The van der Waals surface area contributed by atoms with Gasteiger partial charge in [0, 0.05) is 12.1 Å². The molecule has 0 aromatic heterocycles. The van der Waals surface area contributed by atoms with Crippen molar-refractivity contribution in [2.24, 2.45) is 0 Å². The van der Waals surface area contributed by atoms with Crippen LogP contribution in [0.3, 0.4) is 0 Å². The van der Waals surface area contributed by atoms with Gasteiger partial charge in [-0.25, -0.2) is 4.39 Å². The average molecular weight is 393 g/mol. The number of amides is 1. The molecule has 0 spiro atoms. The summed E-state index contributed by atoms with van der Waals surface area (Å²) in [5.74, 6) is -0.719. The molecule has 0 unspecified atom stereocenters. The first kappa shape index (κ1) is 20.4. The van der Waals surface area contributed by atoms with Gasteiger partial charge in [0.1, 0.15) is 5.82 Å². The predicted molar refractivity (Wildman–Crippen MR) is 99.3 cm³/mol. The largest absolute Gasteiger partial charge is 0.416 e. The van der Waals surface area contributed by atoms with Gasteiger partial charge in [-0.3, -0.25) is 4.79 Å². The van der Waals surface area contributed by atoms with Crippen LogP contribution in [-0.4, -0.2) is 12.5 Å². The van der Waals surface area contributed by atoms with Crippen LogP contribution in [0.1, 0.15) is 48.8 Å². The predicted octanol–water partition coefficient (Wildman–Crippen LogP) is 5.41. The summed E-state index contributed by atoms with van der Waals surface area (Å²) in [7, 11) is 0. The molecule has 1 aliphatic rings. The van der Waals surface area contributed by atoms with Crippen molar-refractivity contribution in [1.29, 1.82) is 0 Å². The molecular weight excluding hydrogens is 370 g/mol. The van der Waals surface area contributed by atoms with E-state index in [0.717, 1.165) is 25.3 Å². The second-order valence-electron chi connectivity index (χ2n) is 7.28. The van der Waals surface area contributed by atoms with Crippen LogP contribution >= 0.6 is 0 Å². The maximum atomic E-state index is 14.4. The highest BCUT2D eigenvalue weighted by molar-refractivity contribution is 5.88. The molecule has 2 nitrogen and oxygen atoms in total. The molecule has 0 bridgehead atoms. The minimum Gasteiger partial charge on any atom is -0.355 e. The molecule has 6 heteroatoms. The molecule has 2 aromatic rings. The molecule has 0 atom stereocenters. The van der Waals surface area contributed by atoms with Crippen molar-refractivity contribution in [3.63, 3.8) is 0 Å². The Hall–Kier alpha value is -2.37. The number of nitrogens with one attached hydrogen (secondary N) is 1. The highest BCUT2D eigenvalue weighted by Gasteiger charge is 2.42. The van der Waals surface area contributed by atoms with Gasteiger partial charge in [0.05, 0.1) is 11.0 Å². The summed E-state index contributed by atoms with van der Waals surface area (Å²) in [6.07, 6.45) is -0.662. The smallest absolute Gasteiger partial charge is 0.355 e. The van der Waals surface area contributed by atoms with Crippen molar-refractivity contribution >= 4 is 5.91 Å². The topological polar surface area (TPSA) is 29.1 Å². The Labute approximate surface area is 162 Å². The Morgan fingerprint density at radius 3 is 2.29 bits per heavy atom. The first-order chi connectivity index (χ1) is 13.3. The Bertz CT molecular complexity index is 825. The zero-order valence-electron chi connectivity index (χ0n) is 15.5. The highest BCUT2D eigenvalue weighted by atomic mass is 19.4. The third-order valence-electron chi connectivity index (χ3n) is 5.53. The van der Waals surface area contributed by atoms with E-state index in [4.69, 9.17) is 0 Å². The monoisotopic (exact) mass is 393 g/mol. The van der Waals surface area contributed by atoms with Gasteiger partial charge >= 0.3 is 6.18 Å². The van der Waals surface area contributed by atoms with Crippen molar-refractivity contribution in [3.05, 3.63) is 71.0 Å². The molecule has 0 radical (unpaired) electrons. The van der Waals surface area contributed by atoms with Crippen molar-refractivity contribution in [2.75, 3.05) is 6.54 Å². The molecule has 1 aliphatic carbocycles. The van der Waals surface area contributed by atoms with E-state index in [1.807, 2.05) is 0 Å². The van der Waals surface area contributed by atoms with Crippen LogP contribution in [0, 0.1) is 5.82 Å². The molecule has 1 saturated carbocycles. The lowest BCUT2D eigenvalue weighted by Gasteiger charge is -2.36. The molecule has 2 aromatic carbocycles. The molecule has 28 heavy (non-hydrogen) atoms. The lowest BCUT2D eigenvalue weighted by Crippen LogP contribution is -2.47. The maximum absolute atomic E-state index is 14.4. The summed E-state index contributed by atoms with van der Waals surface area (Å²) < 4.78 is 53.8. The summed E-state index contributed by atoms with van der Waals surface area (Å²) in [4.78, 5) is 13.0. The van der Waals surface area contributed by atoms with E-state index < -0.39 is 23.0 Å². The Morgan fingerprint density at radius 2 is 1.61 bits per heavy atom. The fourth-order valence-electron chi connectivity index (χ4n) is 4.12. The minimum atomic E-state index is -4.43. The summed E-state index contributed by atoms with van der Waals surface area (Å²) in [5, 5.41) is 2.77. The average Bonchev–Trinajstić information content (AvgIpc) is 2.68. The van der Waals surface area contributed by atoms with Crippen LogP contribution in [0.5, 0.6) is 0 Å². The third-order valence-corrected chi connectivity index (χ3v) is 5.53. The van der Waals surface area contributed by atoms with Crippen LogP contribution in [-0.2, 0) is 22.8 Å². The quantitative estimate of drug-likeness (QED) is 0.677. The number of hydrogen-bond donors (Lipinski definition) is 1. The first-order valence-corrected chi connectivity index (χ1v) is 9.53.